The highest BCUT2D eigenvalue weighted by atomic mass is 19.1. The lowest BCUT2D eigenvalue weighted by Crippen LogP contribution is -3.05. The van der Waals surface area contributed by atoms with E-state index in [2.05, 4.69) is 0 Å². The van der Waals surface area contributed by atoms with E-state index in [1.54, 1.807) is 32.9 Å². The van der Waals surface area contributed by atoms with E-state index in [0.29, 0.717) is 24.5 Å². The van der Waals surface area contributed by atoms with E-state index in [-0.39, 0.29) is 23.0 Å². The first-order chi connectivity index (χ1) is 15.1. The van der Waals surface area contributed by atoms with Gasteiger partial charge in [-0.3, -0.25) is 9.59 Å². The molecule has 2 heterocycles. The van der Waals surface area contributed by atoms with Crippen molar-refractivity contribution < 1.29 is 33.1 Å². The number of nitrogens with one attached hydrogen (secondary N) is 1. The van der Waals surface area contributed by atoms with Crippen molar-refractivity contribution >= 4 is 17.4 Å². The number of ether oxygens (including phenoxy) is 1. The van der Waals surface area contributed by atoms with Gasteiger partial charge in [0.05, 0.1) is 26.7 Å². The van der Waals surface area contributed by atoms with Crippen LogP contribution in [-0.2, 0) is 9.59 Å². The molecule has 3 rings (SSSR count). The molecular formula is C24H29FN2O5. The van der Waals surface area contributed by atoms with Crippen LogP contribution >= 0.6 is 0 Å². The maximum absolute atomic E-state index is 14.5. The van der Waals surface area contributed by atoms with Crippen molar-refractivity contribution in [3.8, 4) is 5.75 Å². The Morgan fingerprint density at radius 2 is 1.97 bits per heavy atom. The largest absolute Gasteiger partial charge is 0.872 e. The second-order valence-corrected chi connectivity index (χ2v) is 8.54. The van der Waals surface area contributed by atoms with Gasteiger partial charge < -0.3 is 24.1 Å². The fraction of sp³-hybridized carbons (Fsp3) is 0.417. The Balaban J connectivity index is 2.05. The topological polar surface area (TPSA) is 87.2 Å². The average molecular weight is 445 g/mol. The predicted octanol–water partition coefficient (Wildman–Crippen LogP) is 1.27. The molecule has 1 saturated heterocycles. The lowest BCUT2D eigenvalue weighted by molar-refractivity contribution is -0.858. The number of likely N-dealkylation sites (tertiary alicyclic amines) is 1. The van der Waals surface area contributed by atoms with E-state index < -0.39 is 29.3 Å². The van der Waals surface area contributed by atoms with Crippen LogP contribution in [0.1, 0.15) is 43.4 Å². The summed E-state index contributed by atoms with van der Waals surface area (Å²) >= 11 is 0. The number of quaternary nitrogens is 1. The highest BCUT2D eigenvalue weighted by Gasteiger charge is 2.45. The molecule has 1 amide bonds. The highest BCUT2D eigenvalue weighted by Crippen LogP contribution is 2.39. The zero-order valence-corrected chi connectivity index (χ0v) is 19.0. The molecule has 32 heavy (non-hydrogen) atoms. The van der Waals surface area contributed by atoms with E-state index in [1.807, 2.05) is 14.1 Å². The minimum Gasteiger partial charge on any atom is -0.872 e. The van der Waals surface area contributed by atoms with Crippen molar-refractivity contribution in [2.24, 2.45) is 0 Å². The molecule has 1 aromatic heterocycles. The normalized spacial score (nSPS) is 18.2. The molecule has 1 N–H and O–H groups in total. The van der Waals surface area contributed by atoms with Crippen LogP contribution in [0.5, 0.6) is 5.75 Å². The monoisotopic (exact) mass is 444 g/mol. The summed E-state index contributed by atoms with van der Waals surface area (Å²) in [6.07, 6.45) is 0.410. The number of benzene rings is 1. The fourth-order valence-corrected chi connectivity index (χ4v) is 3.75. The highest BCUT2D eigenvalue weighted by molar-refractivity contribution is 6.46. The Kier molecular flexibility index (Phi) is 7.03. The van der Waals surface area contributed by atoms with Crippen LogP contribution < -0.4 is 14.7 Å². The predicted molar refractivity (Wildman–Crippen MR) is 114 cm³/mol. The van der Waals surface area contributed by atoms with Gasteiger partial charge in [0.15, 0.2) is 11.6 Å². The summed E-state index contributed by atoms with van der Waals surface area (Å²) in [6, 6.07) is 6.22. The van der Waals surface area contributed by atoms with Crippen molar-refractivity contribution in [3.05, 3.63) is 58.8 Å². The molecule has 1 aliphatic heterocycles. The van der Waals surface area contributed by atoms with Crippen molar-refractivity contribution in [2.45, 2.75) is 39.3 Å². The molecule has 0 radical (unpaired) electrons. The van der Waals surface area contributed by atoms with Gasteiger partial charge in [-0.05, 0) is 50.6 Å². The molecule has 0 aliphatic carbocycles. The van der Waals surface area contributed by atoms with Crippen LogP contribution in [0.25, 0.3) is 5.76 Å². The number of carbonyl (C=O) groups is 2. The van der Waals surface area contributed by atoms with E-state index >= 15 is 0 Å². The third kappa shape index (κ3) is 4.85. The number of carbonyl (C=O) groups excluding carboxylic acids is 2. The number of halogens is 1. The van der Waals surface area contributed by atoms with Gasteiger partial charge in [0, 0.05) is 18.5 Å². The Bertz CT molecular complexity index is 1040. The van der Waals surface area contributed by atoms with Crippen molar-refractivity contribution in [1.29, 1.82) is 0 Å². The van der Waals surface area contributed by atoms with Crippen molar-refractivity contribution in [1.82, 2.24) is 4.90 Å². The number of Topliss-reactive ketones (excluding diaryl/α,β-unsaturated/α-hetero) is 1. The summed E-state index contributed by atoms with van der Waals surface area (Å²) in [6.45, 7) is 6.35. The standard InChI is InChI=1S/C24H29FN2O5/c1-14(2)31-18-10-8-16(13-17(18)25)22(28)20-21(19-9-7-15(3)32-19)27(24(30)23(20)29)12-6-11-26(4)5/h7-10,13-14,21,28H,6,11-12H2,1-5H3. The second kappa shape index (κ2) is 9.56. The summed E-state index contributed by atoms with van der Waals surface area (Å²) in [5.41, 5.74) is -0.249. The van der Waals surface area contributed by atoms with Gasteiger partial charge in [0.25, 0.3) is 5.91 Å². The molecule has 1 atom stereocenters. The minimum absolute atomic E-state index is 0.0152. The van der Waals surface area contributed by atoms with Crippen LogP contribution in [0, 0.1) is 12.7 Å². The average Bonchev–Trinajstić information content (AvgIpc) is 3.24. The number of rotatable bonds is 8. The van der Waals surface area contributed by atoms with Crippen LogP contribution in [0.4, 0.5) is 4.39 Å². The van der Waals surface area contributed by atoms with E-state index in [9.17, 15) is 19.1 Å². The van der Waals surface area contributed by atoms with Gasteiger partial charge in [-0.25, -0.2) is 4.39 Å². The molecular weight excluding hydrogens is 415 g/mol. The number of ketones is 1. The maximum atomic E-state index is 14.5. The number of hydrogen-bond acceptors (Lipinski definition) is 5. The summed E-state index contributed by atoms with van der Waals surface area (Å²) in [7, 11) is 3.99. The molecule has 0 spiro atoms. The summed E-state index contributed by atoms with van der Waals surface area (Å²) in [5.74, 6) is -2.09. The van der Waals surface area contributed by atoms with Crippen molar-refractivity contribution in [3.63, 3.8) is 0 Å². The third-order valence-electron chi connectivity index (χ3n) is 5.19. The Labute approximate surface area is 187 Å². The third-order valence-corrected chi connectivity index (χ3v) is 5.19. The van der Waals surface area contributed by atoms with E-state index in [4.69, 9.17) is 9.15 Å². The zero-order chi connectivity index (χ0) is 23.6. The van der Waals surface area contributed by atoms with Gasteiger partial charge in [-0.1, -0.05) is 11.8 Å². The SMILES string of the molecule is Cc1ccc(C2C(=C([O-])c3ccc(OC(C)C)c(F)c3)C(=O)C(=O)N2CCC[NH+](C)C)o1. The molecule has 2 aromatic rings. The molecule has 1 aromatic carbocycles. The molecule has 8 heteroatoms. The summed E-state index contributed by atoms with van der Waals surface area (Å²) in [4.78, 5) is 28.3. The molecule has 7 nitrogen and oxygen atoms in total. The minimum atomic E-state index is -0.942. The van der Waals surface area contributed by atoms with Gasteiger partial charge in [-0.15, -0.1) is 0 Å². The van der Waals surface area contributed by atoms with E-state index in [0.717, 1.165) is 12.6 Å². The number of hydrogen-bond donors (Lipinski definition) is 1. The summed E-state index contributed by atoms with van der Waals surface area (Å²) in [5, 5.41) is 13.3. The van der Waals surface area contributed by atoms with Crippen LogP contribution in [0.15, 0.2) is 40.3 Å². The quantitative estimate of drug-likeness (QED) is 0.377. The van der Waals surface area contributed by atoms with E-state index in [1.165, 1.54) is 21.9 Å². The molecule has 1 unspecified atom stereocenters. The van der Waals surface area contributed by atoms with Gasteiger partial charge in [0.1, 0.15) is 17.6 Å². The number of amides is 1. The fourth-order valence-electron chi connectivity index (χ4n) is 3.75. The van der Waals surface area contributed by atoms with Gasteiger partial charge in [0.2, 0.25) is 5.78 Å². The molecule has 172 valence electrons. The van der Waals surface area contributed by atoms with Crippen LogP contribution in [0.2, 0.25) is 0 Å². The summed E-state index contributed by atoms with van der Waals surface area (Å²) < 4.78 is 25.6. The van der Waals surface area contributed by atoms with Gasteiger partial charge in [-0.2, -0.15) is 0 Å². The molecule has 1 aliphatic rings. The Morgan fingerprint density at radius 3 is 2.53 bits per heavy atom. The van der Waals surface area contributed by atoms with Crippen molar-refractivity contribution in [2.75, 3.05) is 27.2 Å². The first-order valence-corrected chi connectivity index (χ1v) is 10.7. The molecule has 0 bridgehead atoms. The molecule has 1 fully saturated rings. The lowest BCUT2D eigenvalue weighted by atomic mass is 9.99. The Hall–Kier alpha value is -3.13. The van der Waals surface area contributed by atoms with Crippen LogP contribution in [-0.4, -0.2) is 49.9 Å². The maximum Gasteiger partial charge on any atom is 0.295 e. The second-order valence-electron chi connectivity index (χ2n) is 8.54. The lowest BCUT2D eigenvalue weighted by Gasteiger charge is -2.26. The van der Waals surface area contributed by atoms with Gasteiger partial charge >= 0.3 is 0 Å². The zero-order valence-electron chi connectivity index (χ0n) is 19.0. The number of nitrogens with zero attached hydrogens (tertiary/aromatic N) is 1. The molecule has 0 saturated carbocycles. The first-order valence-electron chi connectivity index (χ1n) is 10.7. The first kappa shape index (κ1) is 23.5. The number of aryl methyl sites for hydroxylation is 1. The van der Waals surface area contributed by atoms with Crippen LogP contribution in [0.3, 0.4) is 0 Å². The smallest absolute Gasteiger partial charge is 0.295 e. The Morgan fingerprint density at radius 1 is 1.25 bits per heavy atom. The number of furan rings is 1.